The van der Waals surface area contributed by atoms with Crippen molar-refractivity contribution in [2.75, 3.05) is 0 Å². The highest BCUT2D eigenvalue weighted by Gasteiger charge is 2.13. The summed E-state index contributed by atoms with van der Waals surface area (Å²) in [5.41, 5.74) is 4.01. The maximum Gasteiger partial charge on any atom is 0.206 e. The van der Waals surface area contributed by atoms with E-state index in [0.717, 1.165) is 30.4 Å². The van der Waals surface area contributed by atoms with Crippen molar-refractivity contribution in [2.24, 2.45) is 20.0 Å². The van der Waals surface area contributed by atoms with Crippen LogP contribution in [-0.4, -0.2) is 22.8 Å². The molecule has 0 unspecified atom stereocenters. The van der Waals surface area contributed by atoms with Gasteiger partial charge in [-0.25, -0.2) is 0 Å². The van der Waals surface area contributed by atoms with Crippen molar-refractivity contribution in [1.29, 1.82) is 21.0 Å². The van der Waals surface area contributed by atoms with Crippen LogP contribution in [0.25, 0.3) is 0 Å². The molecule has 0 aromatic rings. The summed E-state index contributed by atoms with van der Waals surface area (Å²) in [4.78, 5) is 15.1. The van der Waals surface area contributed by atoms with E-state index in [-0.39, 0.29) is 0 Å². The Labute approximate surface area is 168 Å². The van der Waals surface area contributed by atoms with Gasteiger partial charge < -0.3 is 0 Å². The van der Waals surface area contributed by atoms with Crippen molar-refractivity contribution >= 4 is 22.8 Å². The van der Waals surface area contributed by atoms with E-state index >= 15 is 0 Å². The van der Waals surface area contributed by atoms with Crippen LogP contribution in [0.2, 0.25) is 0 Å². The number of unbranched alkanes of at least 4 members (excludes halogenated alkanes) is 2. The van der Waals surface area contributed by atoms with Gasteiger partial charge in [-0.3, -0.25) is 0 Å². The molecule has 2 rings (SSSR count). The molecule has 8 heteroatoms. The average molecular weight is 380 g/mol. The van der Waals surface area contributed by atoms with E-state index in [9.17, 15) is 0 Å². The molecule has 0 aliphatic heterocycles. The van der Waals surface area contributed by atoms with Crippen LogP contribution >= 0.6 is 0 Å². The molecule has 0 spiro atoms. The monoisotopic (exact) mass is 380 g/mol. The zero-order valence-electron chi connectivity index (χ0n) is 15.6. The molecule has 0 saturated carbocycles. The van der Waals surface area contributed by atoms with Gasteiger partial charge >= 0.3 is 0 Å². The average Bonchev–Trinajstić information content (AvgIpc) is 2.72. The van der Waals surface area contributed by atoms with Gasteiger partial charge in [0.15, 0.2) is 0 Å². The molecule has 0 N–H and O–H groups in total. The van der Waals surface area contributed by atoms with E-state index in [1.165, 1.54) is 0 Å². The van der Waals surface area contributed by atoms with E-state index < -0.39 is 0 Å². The molecule has 0 radical (unpaired) electrons. The van der Waals surface area contributed by atoms with E-state index in [4.69, 9.17) is 21.0 Å². The van der Waals surface area contributed by atoms with Gasteiger partial charge in [-0.15, -0.1) is 0 Å². The maximum absolute atomic E-state index is 8.83. The van der Waals surface area contributed by atoms with Crippen LogP contribution in [0.15, 0.2) is 67.6 Å². The van der Waals surface area contributed by atoms with E-state index in [1.54, 1.807) is 61.2 Å². The fourth-order valence-corrected chi connectivity index (χ4v) is 2.93. The molecule has 0 saturated heterocycles. The third kappa shape index (κ3) is 6.36. The lowest BCUT2D eigenvalue weighted by atomic mass is 9.94. The first-order valence-corrected chi connectivity index (χ1v) is 8.87. The lowest BCUT2D eigenvalue weighted by molar-refractivity contribution is 0.686. The summed E-state index contributed by atoms with van der Waals surface area (Å²) in [5, 5.41) is 35.1. The van der Waals surface area contributed by atoms with Gasteiger partial charge in [-0.05, 0) is 73.3 Å². The van der Waals surface area contributed by atoms with Crippen LogP contribution in [0.3, 0.4) is 0 Å². The third-order valence-electron chi connectivity index (χ3n) is 4.22. The first-order chi connectivity index (χ1) is 14.2. The first kappa shape index (κ1) is 20.9. The van der Waals surface area contributed by atoms with Gasteiger partial charge in [-0.2, -0.15) is 41.0 Å². The second-order valence-electron chi connectivity index (χ2n) is 6.03. The fourth-order valence-electron chi connectivity index (χ4n) is 2.93. The van der Waals surface area contributed by atoms with Gasteiger partial charge in [0, 0.05) is 0 Å². The van der Waals surface area contributed by atoms with Gasteiger partial charge in [0.05, 0.1) is 22.8 Å². The van der Waals surface area contributed by atoms with Crippen molar-refractivity contribution in [3.8, 4) is 24.8 Å². The van der Waals surface area contributed by atoms with Gasteiger partial charge in [-0.1, -0.05) is 6.42 Å². The topological polar surface area (TPSA) is 145 Å². The van der Waals surface area contributed by atoms with Crippen molar-refractivity contribution in [2.45, 2.75) is 32.1 Å². The number of allylic oxidation sites excluding steroid dienone is 8. The molecular weight excluding hydrogens is 364 g/mol. The Morgan fingerprint density at radius 3 is 1.34 bits per heavy atom. The Morgan fingerprint density at radius 2 is 0.966 bits per heavy atom. The van der Waals surface area contributed by atoms with Gasteiger partial charge in [0.1, 0.15) is 0 Å². The Hall–Kier alpha value is -4.40. The van der Waals surface area contributed by atoms with Crippen LogP contribution in [0.1, 0.15) is 32.1 Å². The summed E-state index contributed by atoms with van der Waals surface area (Å²) in [6.45, 7) is 0. The molecule has 2 aliphatic rings. The summed E-state index contributed by atoms with van der Waals surface area (Å²) < 4.78 is 0. The zero-order valence-corrected chi connectivity index (χ0v) is 15.6. The maximum atomic E-state index is 8.83. The Morgan fingerprint density at radius 1 is 0.552 bits per heavy atom. The van der Waals surface area contributed by atoms with Crippen LogP contribution < -0.4 is 0 Å². The highest BCUT2D eigenvalue weighted by atomic mass is 14.8. The molecule has 0 bridgehead atoms. The molecule has 0 atom stereocenters. The summed E-state index contributed by atoms with van der Waals surface area (Å²) in [5.74, 6) is 0. The Kier molecular flexibility index (Phi) is 8.18. The number of nitrogens with zero attached hydrogens (tertiary/aromatic N) is 8. The lowest BCUT2D eigenvalue weighted by Gasteiger charge is -2.12. The molecule has 0 heterocycles. The fraction of sp³-hybridized carbons (Fsp3) is 0.238. The molecule has 29 heavy (non-hydrogen) atoms. The highest BCUT2D eigenvalue weighted by molar-refractivity contribution is 6.22. The molecular formula is C21H16N8. The number of nitriles is 4. The number of rotatable bonds is 6. The SMILES string of the molecule is N#CN=C1C=CC(=NC#N)C(CCCCCC2=CC(=NC#N)C=CC2=NC#N)=C1. The minimum absolute atomic E-state index is 0.542. The Balaban J connectivity index is 1.95. The van der Waals surface area contributed by atoms with Crippen LogP contribution in [0.4, 0.5) is 0 Å². The van der Waals surface area contributed by atoms with E-state index in [0.29, 0.717) is 35.7 Å². The summed E-state index contributed by atoms with van der Waals surface area (Å²) in [6.07, 6.45) is 21.4. The smallest absolute Gasteiger partial charge is 0.174 e. The minimum atomic E-state index is 0.542. The highest BCUT2D eigenvalue weighted by Crippen LogP contribution is 2.20. The quantitative estimate of drug-likeness (QED) is 0.393. The minimum Gasteiger partial charge on any atom is -0.174 e. The summed E-state index contributed by atoms with van der Waals surface area (Å²) >= 11 is 0. The summed E-state index contributed by atoms with van der Waals surface area (Å²) in [7, 11) is 0. The predicted octanol–water partition coefficient (Wildman–Crippen LogP) is 3.62. The summed E-state index contributed by atoms with van der Waals surface area (Å²) in [6, 6.07) is 0. The lowest BCUT2D eigenvalue weighted by Crippen LogP contribution is -2.09. The van der Waals surface area contributed by atoms with E-state index in [2.05, 4.69) is 20.0 Å². The standard InChI is InChI=1S/C21H16N8/c22-12-26-18-6-8-20(28-14-24)16(10-18)4-2-1-3-5-17-11-19(27-13-23)7-9-21(17)29-15-25/h6-11H,1-5H2. The van der Waals surface area contributed by atoms with Crippen molar-refractivity contribution < 1.29 is 0 Å². The largest absolute Gasteiger partial charge is 0.206 e. The zero-order chi connectivity index (χ0) is 20.9. The molecule has 0 amide bonds. The molecule has 2 aliphatic carbocycles. The van der Waals surface area contributed by atoms with Crippen LogP contribution in [0.5, 0.6) is 0 Å². The molecule has 140 valence electrons. The third-order valence-corrected chi connectivity index (χ3v) is 4.22. The number of aliphatic imine (C=N–C) groups is 4. The molecule has 0 aromatic heterocycles. The predicted molar refractivity (Wildman–Crippen MR) is 110 cm³/mol. The van der Waals surface area contributed by atoms with Crippen molar-refractivity contribution in [3.05, 3.63) is 47.6 Å². The van der Waals surface area contributed by atoms with Crippen LogP contribution in [0, 0.1) is 45.8 Å². The van der Waals surface area contributed by atoms with Crippen molar-refractivity contribution in [3.63, 3.8) is 0 Å². The molecule has 8 nitrogen and oxygen atoms in total. The van der Waals surface area contributed by atoms with Crippen molar-refractivity contribution in [1.82, 2.24) is 0 Å². The molecule has 0 fully saturated rings. The number of hydrogen-bond donors (Lipinski definition) is 0. The Bertz CT molecular complexity index is 978. The molecule has 0 aromatic carbocycles. The van der Waals surface area contributed by atoms with Crippen LogP contribution in [-0.2, 0) is 0 Å². The second-order valence-corrected chi connectivity index (χ2v) is 6.03. The first-order valence-electron chi connectivity index (χ1n) is 8.87. The van der Waals surface area contributed by atoms with Gasteiger partial charge in [0.2, 0.25) is 24.8 Å². The van der Waals surface area contributed by atoms with E-state index in [1.807, 2.05) is 0 Å². The second kappa shape index (κ2) is 11.3. The van der Waals surface area contributed by atoms with Gasteiger partial charge in [0.25, 0.3) is 0 Å². The number of hydrogen-bond acceptors (Lipinski definition) is 8. The normalized spacial score (nSPS) is 20.7.